The summed E-state index contributed by atoms with van der Waals surface area (Å²) >= 11 is 0. The molecule has 0 saturated carbocycles. The molecule has 0 amide bonds. The Hall–Kier alpha value is -8.59. The molecule has 1 aliphatic carbocycles. The zero-order valence-corrected chi connectivity index (χ0v) is 47.1. The minimum Gasteiger partial charge on any atom is -0.480 e. The average Bonchev–Trinajstić information content (AvgIpc) is 4.32. The van der Waals surface area contributed by atoms with Crippen LogP contribution in [-0.2, 0) is 41.4 Å². The smallest absolute Gasteiger partial charge is 0.419 e. The SMILES string of the molecule is CCCC[C@@H](C(=O)O)n1nnnc1[C@@H](CC(=O)OCC1c2ccccc2-c2ccccc21)Cc1cn(C(=O)OC(C)(C)C)c2ccccc12.CCCC[C@@H](C(=O)O)n1nnnc1[C@@H](N)Cc1cn(C(=O)OC(C)(C)C)c2ccccc12. The van der Waals surface area contributed by atoms with E-state index in [1.807, 2.05) is 107 Å². The number of fused-ring (bicyclic) bond motifs is 5. The maximum Gasteiger partial charge on any atom is 0.419 e. The molecule has 0 bridgehead atoms. The van der Waals surface area contributed by atoms with Crippen molar-refractivity contribution in [2.75, 3.05) is 6.61 Å². The van der Waals surface area contributed by atoms with Gasteiger partial charge in [0.1, 0.15) is 17.8 Å². The van der Waals surface area contributed by atoms with Crippen LogP contribution in [0.15, 0.2) is 109 Å². The van der Waals surface area contributed by atoms with Crippen LogP contribution in [-0.4, -0.2) is 108 Å². The van der Waals surface area contributed by atoms with E-state index in [-0.39, 0.29) is 31.2 Å². The van der Waals surface area contributed by atoms with Crippen molar-refractivity contribution in [1.29, 1.82) is 0 Å². The molecule has 426 valence electrons. The van der Waals surface area contributed by atoms with E-state index in [9.17, 15) is 34.2 Å². The highest BCUT2D eigenvalue weighted by Gasteiger charge is 2.34. The van der Waals surface area contributed by atoms with Gasteiger partial charge in [-0.25, -0.2) is 28.5 Å². The largest absolute Gasteiger partial charge is 0.480 e. The predicted molar refractivity (Wildman–Crippen MR) is 302 cm³/mol. The highest BCUT2D eigenvalue weighted by atomic mass is 16.6. The van der Waals surface area contributed by atoms with Crippen LogP contribution >= 0.6 is 0 Å². The van der Waals surface area contributed by atoms with E-state index < -0.39 is 65.3 Å². The summed E-state index contributed by atoms with van der Waals surface area (Å²) in [5.41, 5.74) is 12.5. The monoisotopic (exact) mass is 1110 g/mol. The number of ether oxygens (including phenoxy) is 3. The number of hydrogen-bond donors (Lipinski definition) is 3. The van der Waals surface area contributed by atoms with E-state index in [2.05, 4.69) is 55.3 Å². The van der Waals surface area contributed by atoms with Gasteiger partial charge in [-0.15, -0.1) is 10.2 Å². The summed E-state index contributed by atoms with van der Waals surface area (Å²) in [5, 5.41) is 45.3. The quantitative estimate of drug-likeness (QED) is 0.0472. The van der Waals surface area contributed by atoms with Gasteiger partial charge in [-0.3, -0.25) is 13.9 Å². The van der Waals surface area contributed by atoms with Crippen LogP contribution in [0.1, 0.15) is 164 Å². The number of rotatable bonds is 20. The molecule has 0 fully saturated rings. The van der Waals surface area contributed by atoms with Gasteiger partial charge in [0.2, 0.25) is 0 Å². The molecule has 0 spiro atoms. The molecule has 9 rings (SSSR count). The maximum atomic E-state index is 13.7. The first-order valence-electron chi connectivity index (χ1n) is 27.4. The van der Waals surface area contributed by atoms with Crippen molar-refractivity contribution in [3.05, 3.63) is 143 Å². The number of hydrogen-bond acceptors (Lipinski definition) is 15. The topological polar surface area (TPSA) is 277 Å². The summed E-state index contributed by atoms with van der Waals surface area (Å²) < 4.78 is 22.8. The molecule has 21 heteroatoms. The van der Waals surface area contributed by atoms with Gasteiger partial charge < -0.3 is 30.2 Å². The van der Waals surface area contributed by atoms with Gasteiger partial charge in [0.05, 0.1) is 23.5 Å². The fraction of sp³-hybridized carbons (Fsp3) is 0.417. The van der Waals surface area contributed by atoms with Gasteiger partial charge in [0.15, 0.2) is 23.7 Å². The number of carboxylic acids is 2. The third kappa shape index (κ3) is 13.7. The second-order valence-corrected chi connectivity index (χ2v) is 22.3. The Labute approximate surface area is 469 Å². The third-order valence-corrected chi connectivity index (χ3v) is 14.0. The zero-order valence-electron chi connectivity index (χ0n) is 47.1. The highest BCUT2D eigenvalue weighted by molar-refractivity contribution is 5.93. The van der Waals surface area contributed by atoms with Crippen LogP contribution in [0.2, 0.25) is 0 Å². The number of esters is 1. The molecule has 8 aromatic rings. The molecule has 1 aliphatic rings. The van der Waals surface area contributed by atoms with Gasteiger partial charge >= 0.3 is 30.1 Å². The van der Waals surface area contributed by atoms with Crippen LogP contribution < -0.4 is 5.73 Å². The summed E-state index contributed by atoms with van der Waals surface area (Å²) in [7, 11) is 0. The number of carboxylic acid groups (broad SMARTS) is 2. The van der Waals surface area contributed by atoms with Crippen molar-refractivity contribution in [3.8, 4) is 11.1 Å². The second kappa shape index (κ2) is 25.2. The molecule has 0 radical (unpaired) electrons. The van der Waals surface area contributed by atoms with Crippen molar-refractivity contribution in [2.45, 2.75) is 154 Å². The molecular formula is C60H71N11O10. The summed E-state index contributed by atoms with van der Waals surface area (Å²) in [5.74, 6) is -2.72. The lowest BCUT2D eigenvalue weighted by Gasteiger charge is -2.20. The van der Waals surface area contributed by atoms with Crippen LogP contribution in [0.4, 0.5) is 9.59 Å². The first-order chi connectivity index (χ1) is 38.7. The number of benzene rings is 4. The molecule has 21 nitrogen and oxygen atoms in total. The standard InChI is InChI=1S/C38H41N5O6.C22H30N6O4/c1-5-6-18-33(36(45)46)43-35(39-40-41-43)24(20-25-22-42(37(47)49-38(2,3)4)32-19-12-11-13-26(25)32)21-34(44)48-23-31-29-16-9-7-14-27(29)28-15-8-10-17-30(28)31;1-5-6-10-18(20(29)30)28-19(24-25-26-28)16(23)12-14-13-27(21(31)32-22(2,3)4)17-11-8-7-9-15(14)17/h7-17,19,22,24,31,33H,5-6,18,20-21,23H2,1-4H3,(H,45,46);7-9,11,13,16,18H,5-6,10,12,23H2,1-4H3,(H,29,30)/t24-,33+;16-,18-/m10/s1. The van der Waals surface area contributed by atoms with Crippen LogP contribution in [0.25, 0.3) is 32.9 Å². The molecule has 4 N–H and O–H groups in total. The number of nitrogens with two attached hydrogens (primary N) is 1. The fourth-order valence-corrected chi connectivity index (χ4v) is 10.3. The van der Waals surface area contributed by atoms with Gasteiger partial charge in [-0.05, 0) is 134 Å². The Bertz CT molecular complexity index is 3480. The Morgan fingerprint density at radius 1 is 0.605 bits per heavy atom. The van der Waals surface area contributed by atoms with E-state index >= 15 is 0 Å². The Kier molecular flexibility index (Phi) is 18.3. The van der Waals surface area contributed by atoms with Crippen molar-refractivity contribution < 1.29 is 48.4 Å². The zero-order chi connectivity index (χ0) is 58.2. The molecule has 0 saturated heterocycles. The number of carbonyl (C=O) groups is 5. The number of aliphatic carboxylic acids is 2. The lowest BCUT2D eigenvalue weighted by Crippen LogP contribution is -2.27. The molecule has 4 aromatic heterocycles. The lowest BCUT2D eigenvalue weighted by atomic mass is 9.94. The average molecular weight is 1110 g/mol. The second-order valence-electron chi connectivity index (χ2n) is 22.3. The number of nitrogens with zero attached hydrogens (tertiary/aromatic N) is 10. The molecule has 0 unspecified atom stereocenters. The summed E-state index contributed by atoms with van der Waals surface area (Å²) in [6, 6.07) is 28.6. The van der Waals surface area contributed by atoms with Gasteiger partial charge in [0, 0.05) is 35.0 Å². The highest BCUT2D eigenvalue weighted by Crippen LogP contribution is 2.45. The first-order valence-corrected chi connectivity index (χ1v) is 27.4. The number of aromatic nitrogens is 10. The lowest BCUT2D eigenvalue weighted by molar-refractivity contribution is -0.144. The number of para-hydroxylation sites is 2. The molecule has 0 aliphatic heterocycles. The first kappa shape index (κ1) is 58.6. The maximum absolute atomic E-state index is 13.7. The van der Waals surface area contributed by atoms with Gasteiger partial charge in [-0.2, -0.15) is 0 Å². The molecular weight excluding hydrogens is 1030 g/mol. The van der Waals surface area contributed by atoms with Crippen molar-refractivity contribution >= 4 is 51.9 Å². The third-order valence-electron chi connectivity index (χ3n) is 14.0. The van der Waals surface area contributed by atoms with Crippen LogP contribution in [0.3, 0.4) is 0 Å². The van der Waals surface area contributed by atoms with Crippen molar-refractivity contribution in [3.63, 3.8) is 0 Å². The number of unbranched alkanes of at least 4 members (excludes halogenated alkanes) is 2. The van der Waals surface area contributed by atoms with E-state index in [1.54, 1.807) is 33.2 Å². The Balaban J connectivity index is 0.000000233. The predicted octanol–water partition coefficient (Wildman–Crippen LogP) is 10.8. The molecule has 4 aromatic carbocycles. The van der Waals surface area contributed by atoms with Crippen LogP contribution in [0, 0.1) is 0 Å². The minimum absolute atomic E-state index is 0.109. The van der Waals surface area contributed by atoms with E-state index in [0.717, 1.165) is 63.4 Å². The summed E-state index contributed by atoms with van der Waals surface area (Å²) in [6.45, 7) is 15.0. The summed E-state index contributed by atoms with van der Waals surface area (Å²) in [4.78, 5) is 63.9. The van der Waals surface area contributed by atoms with E-state index in [0.29, 0.717) is 42.5 Å². The number of tetrazole rings is 2. The molecule has 4 heterocycles. The summed E-state index contributed by atoms with van der Waals surface area (Å²) in [6.07, 6.45) is 6.65. The van der Waals surface area contributed by atoms with Gasteiger partial charge in [-0.1, -0.05) is 124 Å². The van der Waals surface area contributed by atoms with Crippen molar-refractivity contribution in [1.82, 2.24) is 49.5 Å². The van der Waals surface area contributed by atoms with Crippen molar-refractivity contribution in [2.24, 2.45) is 5.73 Å². The Morgan fingerprint density at radius 2 is 1.04 bits per heavy atom. The van der Waals surface area contributed by atoms with E-state index in [1.165, 1.54) is 18.5 Å². The molecule has 81 heavy (non-hydrogen) atoms. The normalized spacial score (nSPS) is 13.8. The molecule has 4 atom stereocenters. The fourth-order valence-electron chi connectivity index (χ4n) is 10.3. The minimum atomic E-state index is -1.05. The van der Waals surface area contributed by atoms with Crippen LogP contribution in [0.5, 0.6) is 0 Å². The Morgan fingerprint density at radius 3 is 1.51 bits per heavy atom. The van der Waals surface area contributed by atoms with Gasteiger partial charge in [0.25, 0.3) is 0 Å². The number of carbonyl (C=O) groups excluding carboxylic acids is 3. The van der Waals surface area contributed by atoms with E-state index in [4.69, 9.17) is 19.9 Å².